The first-order valence-corrected chi connectivity index (χ1v) is 5.51. The van der Waals surface area contributed by atoms with Crippen LogP contribution >= 0.6 is 12.6 Å². The van der Waals surface area contributed by atoms with E-state index < -0.39 is 12.3 Å². The number of hydrogen-bond donors (Lipinski definition) is 1. The standard InChI is InChI=1S/C10H19F3OS/c1-7(10(11,12)13)14-5-8(6-15)9(2,3)4/h7-8,15H,5-6H2,1-4H3. The molecule has 0 aromatic carbocycles. The number of halogens is 3. The van der Waals surface area contributed by atoms with Gasteiger partial charge in [0.2, 0.25) is 0 Å². The molecule has 0 fully saturated rings. The number of thiol groups is 1. The second-order valence-electron chi connectivity index (χ2n) is 4.76. The molecule has 0 amide bonds. The van der Waals surface area contributed by atoms with E-state index in [-0.39, 0.29) is 17.9 Å². The molecule has 0 rings (SSSR count). The molecule has 0 bridgehead atoms. The van der Waals surface area contributed by atoms with E-state index in [2.05, 4.69) is 12.6 Å². The fourth-order valence-electron chi connectivity index (χ4n) is 0.932. The average molecular weight is 244 g/mol. The first-order valence-electron chi connectivity index (χ1n) is 4.88. The van der Waals surface area contributed by atoms with Gasteiger partial charge in [0.25, 0.3) is 0 Å². The first-order chi connectivity index (χ1) is 6.59. The van der Waals surface area contributed by atoms with Crippen LogP contribution in [0.25, 0.3) is 0 Å². The minimum atomic E-state index is -4.28. The predicted molar refractivity (Wildman–Crippen MR) is 58.3 cm³/mol. The van der Waals surface area contributed by atoms with Crippen LogP contribution in [0.1, 0.15) is 27.7 Å². The van der Waals surface area contributed by atoms with E-state index in [1.165, 1.54) is 0 Å². The van der Waals surface area contributed by atoms with Crippen molar-refractivity contribution in [2.45, 2.75) is 40.0 Å². The van der Waals surface area contributed by atoms with Crippen molar-refractivity contribution in [1.29, 1.82) is 0 Å². The van der Waals surface area contributed by atoms with Crippen LogP contribution in [0, 0.1) is 11.3 Å². The van der Waals surface area contributed by atoms with Crippen LogP contribution in [-0.4, -0.2) is 24.6 Å². The molecule has 0 aliphatic rings. The minimum Gasteiger partial charge on any atom is -0.369 e. The van der Waals surface area contributed by atoms with Crippen LogP contribution < -0.4 is 0 Å². The second kappa shape index (κ2) is 5.43. The van der Waals surface area contributed by atoms with Crippen molar-refractivity contribution >= 4 is 12.6 Å². The molecule has 0 N–H and O–H groups in total. The number of rotatable bonds is 4. The lowest BCUT2D eigenvalue weighted by Crippen LogP contribution is -2.34. The molecule has 92 valence electrons. The lowest BCUT2D eigenvalue weighted by Gasteiger charge is -2.30. The van der Waals surface area contributed by atoms with E-state index in [0.29, 0.717) is 5.75 Å². The van der Waals surface area contributed by atoms with Gasteiger partial charge in [0.1, 0.15) is 0 Å². The van der Waals surface area contributed by atoms with Crippen molar-refractivity contribution in [3.05, 3.63) is 0 Å². The largest absolute Gasteiger partial charge is 0.414 e. The summed E-state index contributed by atoms with van der Waals surface area (Å²) in [6.45, 7) is 7.02. The molecule has 0 aliphatic heterocycles. The Morgan fingerprint density at radius 2 is 1.67 bits per heavy atom. The van der Waals surface area contributed by atoms with Gasteiger partial charge in [-0.2, -0.15) is 25.8 Å². The monoisotopic (exact) mass is 244 g/mol. The Labute approximate surface area is 94.8 Å². The third kappa shape index (κ3) is 5.66. The minimum absolute atomic E-state index is 0.0191. The van der Waals surface area contributed by atoms with Crippen molar-refractivity contribution in [2.75, 3.05) is 12.4 Å². The lowest BCUT2D eigenvalue weighted by atomic mass is 9.82. The Bertz CT molecular complexity index is 186. The van der Waals surface area contributed by atoms with Gasteiger partial charge in [0.05, 0.1) is 6.61 Å². The van der Waals surface area contributed by atoms with Crippen LogP contribution in [0.4, 0.5) is 13.2 Å². The molecule has 0 radical (unpaired) electrons. The number of ether oxygens (including phenoxy) is 1. The van der Waals surface area contributed by atoms with E-state index in [1.54, 1.807) is 0 Å². The van der Waals surface area contributed by atoms with E-state index >= 15 is 0 Å². The van der Waals surface area contributed by atoms with Gasteiger partial charge in [0.15, 0.2) is 6.10 Å². The molecule has 0 saturated heterocycles. The van der Waals surface area contributed by atoms with Crippen LogP contribution in [0.5, 0.6) is 0 Å². The van der Waals surface area contributed by atoms with Crippen molar-refractivity contribution in [1.82, 2.24) is 0 Å². The molecule has 5 heteroatoms. The van der Waals surface area contributed by atoms with Gasteiger partial charge in [-0.05, 0) is 24.0 Å². The maximum atomic E-state index is 12.2. The summed E-state index contributed by atoms with van der Waals surface area (Å²) in [6, 6.07) is 0. The van der Waals surface area contributed by atoms with Crippen LogP contribution in [0.2, 0.25) is 0 Å². The maximum Gasteiger partial charge on any atom is 0.414 e. The van der Waals surface area contributed by atoms with E-state index in [9.17, 15) is 13.2 Å². The van der Waals surface area contributed by atoms with E-state index in [0.717, 1.165) is 6.92 Å². The Hall–Kier alpha value is 0.100. The average Bonchev–Trinajstić information content (AvgIpc) is 2.00. The molecule has 15 heavy (non-hydrogen) atoms. The predicted octanol–water partition coefficient (Wildman–Crippen LogP) is 3.55. The summed E-state index contributed by atoms with van der Waals surface area (Å²) in [5.74, 6) is 0.541. The summed E-state index contributed by atoms with van der Waals surface area (Å²) in [4.78, 5) is 0. The van der Waals surface area contributed by atoms with Gasteiger partial charge in [-0.15, -0.1) is 0 Å². The summed E-state index contributed by atoms with van der Waals surface area (Å²) >= 11 is 4.12. The molecule has 1 nitrogen and oxygen atoms in total. The highest BCUT2D eigenvalue weighted by atomic mass is 32.1. The highest BCUT2D eigenvalue weighted by Crippen LogP contribution is 2.29. The molecule has 0 aromatic heterocycles. The highest BCUT2D eigenvalue weighted by molar-refractivity contribution is 7.80. The molecular formula is C10H19F3OS. The molecular weight excluding hydrogens is 225 g/mol. The third-order valence-electron chi connectivity index (χ3n) is 2.45. The molecule has 0 aromatic rings. The van der Waals surface area contributed by atoms with Gasteiger partial charge in [-0.3, -0.25) is 0 Å². The zero-order chi connectivity index (χ0) is 12.3. The van der Waals surface area contributed by atoms with Crippen LogP contribution in [-0.2, 0) is 4.74 Å². The van der Waals surface area contributed by atoms with Crippen LogP contribution in [0.15, 0.2) is 0 Å². The van der Waals surface area contributed by atoms with Crippen molar-refractivity contribution in [2.24, 2.45) is 11.3 Å². The van der Waals surface area contributed by atoms with Crippen molar-refractivity contribution in [3.63, 3.8) is 0 Å². The lowest BCUT2D eigenvalue weighted by molar-refractivity contribution is -0.218. The number of alkyl halides is 3. The Morgan fingerprint density at radius 3 is 1.93 bits per heavy atom. The summed E-state index contributed by atoms with van der Waals surface area (Å²) < 4.78 is 41.3. The first kappa shape index (κ1) is 15.1. The quantitative estimate of drug-likeness (QED) is 0.744. The zero-order valence-electron chi connectivity index (χ0n) is 9.56. The van der Waals surface area contributed by atoms with E-state index in [1.807, 2.05) is 20.8 Å². The van der Waals surface area contributed by atoms with Gasteiger partial charge >= 0.3 is 6.18 Å². The smallest absolute Gasteiger partial charge is 0.369 e. The van der Waals surface area contributed by atoms with Gasteiger partial charge in [-0.25, -0.2) is 0 Å². The normalized spacial score (nSPS) is 17.6. The Kier molecular flexibility index (Phi) is 5.47. The van der Waals surface area contributed by atoms with Crippen molar-refractivity contribution in [3.8, 4) is 0 Å². The highest BCUT2D eigenvalue weighted by Gasteiger charge is 2.37. The van der Waals surface area contributed by atoms with E-state index in [4.69, 9.17) is 4.74 Å². The van der Waals surface area contributed by atoms with Gasteiger partial charge < -0.3 is 4.74 Å². The zero-order valence-corrected chi connectivity index (χ0v) is 10.5. The maximum absolute atomic E-state index is 12.2. The topological polar surface area (TPSA) is 9.23 Å². The Balaban J connectivity index is 4.14. The number of hydrogen-bond acceptors (Lipinski definition) is 2. The molecule has 2 unspecified atom stereocenters. The molecule has 0 saturated carbocycles. The fourth-order valence-corrected chi connectivity index (χ4v) is 1.58. The Morgan fingerprint density at radius 1 is 1.20 bits per heavy atom. The molecule has 2 atom stereocenters. The van der Waals surface area contributed by atoms with Crippen LogP contribution in [0.3, 0.4) is 0 Å². The third-order valence-corrected chi connectivity index (χ3v) is 2.89. The summed E-state index contributed by atoms with van der Waals surface area (Å²) in [7, 11) is 0. The summed E-state index contributed by atoms with van der Waals surface area (Å²) in [5, 5.41) is 0. The molecule has 0 spiro atoms. The summed E-state index contributed by atoms with van der Waals surface area (Å²) in [5.41, 5.74) is -0.0902. The molecule has 0 heterocycles. The summed E-state index contributed by atoms with van der Waals surface area (Å²) in [6.07, 6.45) is -5.99. The van der Waals surface area contributed by atoms with Crippen molar-refractivity contribution < 1.29 is 17.9 Å². The second-order valence-corrected chi connectivity index (χ2v) is 5.13. The fraction of sp³-hybridized carbons (Fsp3) is 1.00. The van der Waals surface area contributed by atoms with Gasteiger partial charge in [0, 0.05) is 0 Å². The molecule has 0 aliphatic carbocycles. The SMILES string of the molecule is CC(OCC(CS)C(C)(C)C)C(F)(F)F. The van der Waals surface area contributed by atoms with Gasteiger partial charge in [-0.1, -0.05) is 20.8 Å².